The Morgan fingerprint density at radius 1 is 1.58 bits per heavy atom. The van der Waals surface area contributed by atoms with Crippen LogP contribution in [0.2, 0.25) is 5.28 Å². The van der Waals surface area contributed by atoms with E-state index in [9.17, 15) is 9.90 Å². The monoisotopic (exact) mass is 283 g/mol. The lowest BCUT2D eigenvalue weighted by Gasteiger charge is -2.20. The van der Waals surface area contributed by atoms with Gasteiger partial charge in [-0.15, -0.1) is 0 Å². The summed E-state index contributed by atoms with van der Waals surface area (Å²) in [6.45, 7) is 3.79. The van der Waals surface area contributed by atoms with Crippen LogP contribution in [0.5, 0.6) is 0 Å². The zero-order valence-electron chi connectivity index (χ0n) is 10.5. The Hall–Kier alpha value is -1.89. The number of imidazole rings is 1. The Balaban J connectivity index is 2.38. The van der Waals surface area contributed by atoms with Crippen molar-refractivity contribution in [2.24, 2.45) is 5.92 Å². The molecular weight excluding hydrogens is 270 g/mol. The van der Waals surface area contributed by atoms with Gasteiger partial charge in [0.15, 0.2) is 11.5 Å². The van der Waals surface area contributed by atoms with Gasteiger partial charge < -0.3 is 15.4 Å². The van der Waals surface area contributed by atoms with E-state index in [4.69, 9.17) is 11.6 Å². The highest BCUT2D eigenvalue weighted by Gasteiger charge is 2.25. The topological polar surface area (TPSA) is 104 Å². The summed E-state index contributed by atoms with van der Waals surface area (Å²) >= 11 is 5.79. The van der Waals surface area contributed by atoms with Gasteiger partial charge in [-0.2, -0.15) is 9.97 Å². The molecule has 0 aliphatic carbocycles. The number of halogens is 1. The molecule has 0 saturated carbocycles. The lowest BCUT2D eigenvalue weighted by Crippen LogP contribution is -2.35. The lowest BCUT2D eigenvalue weighted by atomic mass is 9.99. The van der Waals surface area contributed by atoms with Crippen molar-refractivity contribution in [3.05, 3.63) is 11.6 Å². The van der Waals surface area contributed by atoms with Crippen LogP contribution in [0.15, 0.2) is 6.33 Å². The molecule has 0 unspecified atom stereocenters. The van der Waals surface area contributed by atoms with Crippen LogP contribution in [0.4, 0.5) is 5.82 Å². The Morgan fingerprint density at radius 2 is 2.32 bits per heavy atom. The summed E-state index contributed by atoms with van der Waals surface area (Å²) in [5.74, 6) is -0.638. The average molecular weight is 284 g/mol. The van der Waals surface area contributed by atoms with E-state index < -0.39 is 12.0 Å². The fraction of sp³-hybridized carbons (Fsp3) is 0.455. The van der Waals surface area contributed by atoms with Gasteiger partial charge in [-0.05, 0) is 17.5 Å². The molecule has 0 aliphatic heterocycles. The van der Waals surface area contributed by atoms with Crippen molar-refractivity contribution in [2.75, 3.05) is 5.32 Å². The summed E-state index contributed by atoms with van der Waals surface area (Å²) in [6.07, 6.45) is 2.19. The van der Waals surface area contributed by atoms with Crippen molar-refractivity contribution in [1.82, 2.24) is 19.9 Å². The summed E-state index contributed by atoms with van der Waals surface area (Å²) in [5.41, 5.74) is 0.940. The summed E-state index contributed by atoms with van der Waals surface area (Å²) < 4.78 is 0. The molecule has 0 radical (unpaired) electrons. The first-order valence-electron chi connectivity index (χ1n) is 5.89. The molecule has 0 spiro atoms. The van der Waals surface area contributed by atoms with Gasteiger partial charge in [-0.1, -0.05) is 20.3 Å². The fourth-order valence-electron chi connectivity index (χ4n) is 1.74. The second-order valence-corrected chi connectivity index (χ2v) is 4.63. The summed E-state index contributed by atoms with van der Waals surface area (Å²) in [7, 11) is 0. The predicted molar refractivity (Wildman–Crippen MR) is 71.2 cm³/mol. The number of carboxylic acid groups (broad SMARTS) is 1. The Labute approximate surface area is 114 Å². The molecule has 0 aromatic carbocycles. The minimum Gasteiger partial charge on any atom is -0.480 e. The highest BCUT2D eigenvalue weighted by molar-refractivity contribution is 6.28. The Morgan fingerprint density at radius 3 is 2.95 bits per heavy atom. The highest BCUT2D eigenvalue weighted by Crippen LogP contribution is 2.21. The van der Waals surface area contributed by atoms with Crippen molar-refractivity contribution in [1.29, 1.82) is 0 Å². The standard InChI is InChI=1S/C11H14ClN5O2/c1-3-5(2)6(10(18)19)15-9-7-8(14-4-13-7)16-11(12)17-9/h4-6H,3H2,1-2H3,(H,18,19)(H2,13,14,15,16,17)/t5-,6-/m0/s1. The molecule has 0 saturated heterocycles. The molecule has 2 aromatic heterocycles. The van der Waals surface area contributed by atoms with Gasteiger partial charge in [0.1, 0.15) is 11.6 Å². The second-order valence-electron chi connectivity index (χ2n) is 4.29. The van der Waals surface area contributed by atoms with Gasteiger partial charge in [0.2, 0.25) is 5.28 Å². The molecule has 2 atom stereocenters. The maximum atomic E-state index is 11.3. The number of aliphatic carboxylic acids is 1. The van der Waals surface area contributed by atoms with Crippen LogP contribution in [-0.4, -0.2) is 37.1 Å². The maximum Gasteiger partial charge on any atom is 0.326 e. The number of H-pyrrole nitrogens is 1. The Bertz CT molecular complexity index is 600. The van der Waals surface area contributed by atoms with Crippen LogP contribution in [0.3, 0.4) is 0 Å². The first kappa shape index (κ1) is 13.5. The largest absolute Gasteiger partial charge is 0.480 e. The third-order valence-electron chi connectivity index (χ3n) is 3.03. The number of nitrogens with one attached hydrogen (secondary N) is 2. The number of fused-ring (bicyclic) bond motifs is 1. The number of hydrogen-bond donors (Lipinski definition) is 3. The van der Waals surface area contributed by atoms with Crippen LogP contribution in [-0.2, 0) is 4.79 Å². The third-order valence-corrected chi connectivity index (χ3v) is 3.20. The number of anilines is 1. The molecule has 0 amide bonds. The molecule has 0 aliphatic rings. The maximum absolute atomic E-state index is 11.3. The van der Waals surface area contributed by atoms with E-state index in [1.807, 2.05) is 13.8 Å². The molecule has 102 valence electrons. The van der Waals surface area contributed by atoms with Crippen LogP contribution in [0.1, 0.15) is 20.3 Å². The highest BCUT2D eigenvalue weighted by atomic mass is 35.5. The van der Waals surface area contributed by atoms with E-state index in [0.717, 1.165) is 6.42 Å². The van der Waals surface area contributed by atoms with Crippen molar-refractivity contribution < 1.29 is 9.90 Å². The molecule has 0 fully saturated rings. The molecule has 0 bridgehead atoms. The summed E-state index contributed by atoms with van der Waals surface area (Å²) in [5, 5.41) is 12.2. The number of hydrogen-bond acceptors (Lipinski definition) is 5. The van der Waals surface area contributed by atoms with Crippen LogP contribution in [0.25, 0.3) is 11.2 Å². The van der Waals surface area contributed by atoms with Gasteiger partial charge in [-0.25, -0.2) is 9.78 Å². The first-order valence-corrected chi connectivity index (χ1v) is 6.26. The van der Waals surface area contributed by atoms with Gasteiger partial charge in [0.05, 0.1) is 6.33 Å². The number of aromatic nitrogens is 4. The van der Waals surface area contributed by atoms with E-state index in [-0.39, 0.29) is 11.2 Å². The minimum atomic E-state index is -0.934. The number of aromatic amines is 1. The summed E-state index contributed by atoms with van der Waals surface area (Å²) in [4.78, 5) is 26.1. The summed E-state index contributed by atoms with van der Waals surface area (Å²) in [6, 6.07) is -0.748. The zero-order valence-corrected chi connectivity index (χ0v) is 11.3. The normalized spacial score (nSPS) is 14.3. The van der Waals surface area contributed by atoms with E-state index in [1.165, 1.54) is 6.33 Å². The van der Waals surface area contributed by atoms with E-state index in [0.29, 0.717) is 17.0 Å². The third kappa shape index (κ3) is 2.76. The fourth-order valence-corrected chi connectivity index (χ4v) is 1.91. The van der Waals surface area contributed by atoms with E-state index in [2.05, 4.69) is 25.3 Å². The number of carbonyl (C=O) groups is 1. The molecule has 7 nitrogen and oxygen atoms in total. The van der Waals surface area contributed by atoms with Crippen molar-refractivity contribution >= 4 is 34.6 Å². The number of rotatable bonds is 5. The molecule has 2 rings (SSSR count). The Kier molecular flexibility index (Phi) is 3.84. The molecule has 3 N–H and O–H groups in total. The van der Waals surface area contributed by atoms with Gasteiger partial charge >= 0.3 is 5.97 Å². The van der Waals surface area contributed by atoms with Crippen LogP contribution < -0.4 is 5.32 Å². The average Bonchev–Trinajstić information content (AvgIpc) is 2.82. The van der Waals surface area contributed by atoms with Gasteiger partial charge in [0, 0.05) is 0 Å². The quantitative estimate of drug-likeness (QED) is 0.724. The van der Waals surface area contributed by atoms with Gasteiger partial charge in [0.25, 0.3) is 0 Å². The van der Waals surface area contributed by atoms with E-state index >= 15 is 0 Å². The first-order chi connectivity index (χ1) is 9.02. The molecule has 8 heteroatoms. The zero-order chi connectivity index (χ0) is 14.0. The van der Waals surface area contributed by atoms with Crippen molar-refractivity contribution in [2.45, 2.75) is 26.3 Å². The predicted octanol–water partition coefficient (Wildman–Crippen LogP) is 1.92. The lowest BCUT2D eigenvalue weighted by molar-refractivity contribution is -0.139. The van der Waals surface area contributed by atoms with Crippen molar-refractivity contribution in [3.63, 3.8) is 0 Å². The van der Waals surface area contributed by atoms with Crippen molar-refractivity contribution in [3.8, 4) is 0 Å². The molecule has 2 heterocycles. The molecule has 19 heavy (non-hydrogen) atoms. The SMILES string of the molecule is CC[C@H](C)[C@H](Nc1nc(Cl)nc2nc[nH]c12)C(=O)O. The second kappa shape index (κ2) is 5.40. The van der Waals surface area contributed by atoms with E-state index in [1.54, 1.807) is 0 Å². The van der Waals surface area contributed by atoms with Crippen LogP contribution in [0, 0.1) is 5.92 Å². The molecule has 2 aromatic rings. The van der Waals surface area contributed by atoms with Gasteiger partial charge in [-0.3, -0.25) is 0 Å². The number of carboxylic acids is 1. The smallest absolute Gasteiger partial charge is 0.326 e. The number of nitrogens with zero attached hydrogens (tertiary/aromatic N) is 3. The van der Waals surface area contributed by atoms with Crippen LogP contribution >= 0.6 is 11.6 Å². The molecular formula is C11H14ClN5O2. The minimum absolute atomic E-state index is 0.0235.